The van der Waals surface area contributed by atoms with Crippen LogP contribution in [0.1, 0.15) is 22.5 Å². The van der Waals surface area contributed by atoms with Crippen LogP contribution in [0.3, 0.4) is 0 Å². The molecule has 0 amide bonds. The van der Waals surface area contributed by atoms with Gasteiger partial charge in [0, 0.05) is 37.9 Å². The maximum atomic E-state index is 6.33. The number of aryl methyl sites for hydroxylation is 1. The number of nitrogens with one attached hydrogen (secondary N) is 2. The number of aromatic nitrogens is 4. The van der Waals surface area contributed by atoms with Crippen LogP contribution in [0.5, 0.6) is 0 Å². The van der Waals surface area contributed by atoms with E-state index in [1.165, 1.54) is 0 Å². The highest BCUT2D eigenvalue weighted by molar-refractivity contribution is 7.80. The summed E-state index contributed by atoms with van der Waals surface area (Å²) in [6.45, 7) is 4.84. The van der Waals surface area contributed by atoms with Crippen LogP contribution in [0.2, 0.25) is 20.1 Å². The van der Waals surface area contributed by atoms with Crippen molar-refractivity contribution in [2.75, 3.05) is 10.6 Å². The number of thiocarbonyl (C=S) groups is 1. The summed E-state index contributed by atoms with van der Waals surface area (Å²) >= 11 is 30.4. The van der Waals surface area contributed by atoms with Gasteiger partial charge in [0.15, 0.2) is 10.9 Å². The van der Waals surface area contributed by atoms with Crippen molar-refractivity contribution in [2.24, 2.45) is 0 Å². The van der Waals surface area contributed by atoms with Gasteiger partial charge in [-0.05, 0) is 55.9 Å². The Bertz CT molecular complexity index is 1340. The van der Waals surface area contributed by atoms with Crippen LogP contribution in [0.25, 0.3) is 0 Å². The number of anilines is 2. The molecule has 0 saturated heterocycles. The highest BCUT2D eigenvalue weighted by atomic mass is 35.5. The molecule has 2 heterocycles. The molecule has 0 bridgehead atoms. The van der Waals surface area contributed by atoms with Crippen LogP contribution in [0.15, 0.2) is 48.7 Å². The van der Waals surface area contributed by atoms with Crippen LogP contribution in [0, 0.1) is 13.8 Å². The number of nitrogens with zero attached hydrogens (tertiary/aromatic N) is 4. The fourth-order valence-electron chi connectivity index (χ4n) is 3.47. The Hall–Kier alpha value is -2.29. The quantitative estimate of drug-likeness (QED) is 0.247. The van der Waals surface area contributed by atoms with Crippen molar-refractivity contribution in [3.8, 4) is 0 Å². The molecule has 4 aromatic rings. The lowest BCUT2D eigenvalue weighted by molar-refractivity contribution is 0.659. The summed E-state index contributed by atoms with van der Waals surface area (Å²) in [7, 11) is 0. The van der Waals surface area contributed by atoms with Gasteiger partial charge in [-0.3, -0.25) is 9.36 Å². The summed E-state index contributed by atoms with van der Waals surface area (Å²) < 4.78 is 3.61. The summed E-state index contributed by atoms with van der Waals surface area (Å²) in [4.78, 5) is 0. The second kappa shape index (κ2) is 10.5. The standard InChI is InChI=1S/C23H20Cl4N6S/c1-13-22(14(2)33(30-13)11-15-6-7-16(24)10-20(15)27)29-23(34)28-21-8-9-32(31-21)12-17-18(25)4-3-5-19(17)26/h3-10H,11-12H2,1-2H3,(H2,28,29,31,34). The van der Waals surface area contributed by atoms with Gasteiger partial charge in [-0.1, -0.05) is 58.5 Å². The fraction of sp³-hybridized carbons (Fsp3) is 0.174. The lowest BCUT2D eigenvalue weighted by Gasteiger charge is -2.11. The van der Waals surface area contributed by atoms with Gasteiger partial charge in [0.2, 0.25) is 0 Å². The normalized spacial score (nSPS) is 11.0. The Morgan fingerprint density at radius 2 is 1.65 bits per heavy atom. The molecule has 0 aliphatic carbocycles. The minimum Gasteiger partial charge on any atom is -0.329 e. The van der Waals surface area contributed by atoms with Crippen LogP contribution in [-0.4, -0.2) is 24.7 Å². The molecule has 11 heteroatoms. The zero-order valence-corrected chi connectivity index (χ0v) is 22.1. The molecule has 0 spiro atoms. The highest BCUT2D eigenvalue weighted by Crippen LogP contribution is 2.26. The molecule has 34 heavy (non-hydrogen) atoms. The number of rotatable bonds is 6. The summed E-state index contributed by atoms with van der Waals surface area (Å²) in [5.41, 5.74) is 4.29. The predicted octanol–water partition coefficient (Wildman–Crippen LogP) is 7.22. The lowest BCUT2D eigenvalue weighted by atomic mass is 10.2. The second-order valence-corrected chi connectivity index (χ2v) is 9.68. The first-order valence-corrected chi connectivity index (χ1v) is 12.2. The molecular formula is C23H20Cl4N6S. The third kappa shape index (κ3) is 5.67. The van der Waals surface area contributed by atoms with Crippen LogP contribution >= 0.6 is 58.6 Å². The van der Waals surface area contributed by atoms with Crippen LogP contribution < -0.4 is 10.6 Å². The molecule has 176 valence electrons. The Morgan fingerprint density at radius 1 is 0.912 bits per heavy atom. The Balaban J connectivity index is 1.43. The summed E-state index contributed by atoms with van der Waals surface area (Å²) in [6, 6.07) is 12.7. The van der Waals surface area contributed by atoms with Gasteiger partial charge < -0.3 is 10.6 Å². The van der Waals surface area contributed by atoms with Gasteiger partial charge in [0.05, 0.1) is 30.2 Å². The van der Waals surface area contributed by atoms with Crippen molar-refractivity contribution in [3.63, 3.8) is 0 Å². The zero-order chi connectivity index (χ0) is 24.4. The van der Waals surface area contributed by atoms with Crippen molar-refractivity contribution >= 4 is 75.2 Å². The number of halogens is 4. The molecule has 0 radical (unpaired) electrons. The lowest BCUT2D eigenvalue weighted by Crippen LogP contribution is -2.20. The van der Waals surface area contributed by atoms with Gasteiger partial charge in [-0.15, -0.1) is 0 Å². The number of hydrogen-bond donors (Lipinski definition) is 2. The molecule has 0 aliphatic rings. The van der Waals surface area contributed by atoms with E-state index in [0.29, 0.717) is 44.1 Å². The molecule has 0 unspecified atom stereocenters. The first-order chi connectivity index (χ1) is 16.2. The monoisotopic (exact) mass is 552 g/mol. The number of hydrogen-bond acceptors (Lipinski definition) is 3. The van der Waals surface area contributed by atoms with Crippen LogP contribution in [-0.2, 0) is 13.1 Å². The Kier molecular flexibility index (Phi) is 7.70. The molecule has 0 atom stereocenters. The van der Waals surface area contributed by atoms with E-state index in [9.17, 15) is 0 Å². The minimum absolute atomic E-state index is 0.399. The van der Waals surface area contributed by atoms with E-state index in [1.807, 2.05) is 49.0 Å². The summed E-state index contributed by atoms with van der Waals surface area (Å²) in [6.07, 6.45) is 1.83. The first kappa shape index (κ1) is 24.8. The van der Waals surface area contributed by atoms with E-state index in [4.69, 9.17) is 58.6 Å². The average Bonchev–Trinajstić information content (AvgIpc) is 3.32. The third-order valence-electron chi connectivity index (χ3n) is 5.22. The van der Waals surface area contributed by atoms with Gasteiger partial charge >= 0.3 is 0 Å². The topological polar surface area (TPSA) is 59.7 Å². The van der Waals surface area contributed by atoms with E-state index in [0.717, 1.165) is 28.2 Å². The van der Waals surface area contributed by atoms with Crippen molar-refractivity contribution in [2.45, 2.75) is 26.9 Å². The predicted molar refractivity (Wildman–Crippen MR) is 145 cm³/mol. The average molecular weight is 554 g/mol. The van der Waals surface area contributed by atoms with Gasteiger partial charge in [-0.25, -0.2) is 0 Å². The van der Waals surface area contributed by atoms with Gasteiger partial charge in [0.25, 0.3) is 0 Å². The van der Waals surface area contributed by atoms with E-state index in [2.05, 4.69) is 20.8 Å². The first-order valence-electron chi connectivity index (χ1n) is 10.2. The fourth-order valence-corrected chi connectivity index (χ4v) is 4.66. The minimum atomic E-state index is 0.399. The molecule has 0 aliphatic heterocycles. The van der Waals surface area contributed by atoms with Crippen molar-refractivity contribution in [3.05, 3.63) is 91.3 Å². The molecule has 6 nitrogen and oxygen atoms in total. The third-order valence-corrected chi connectivity index (χ3v) is 6.72. The van der Waals surface area contributed by atoms with Gasteiger partial charge in [0.1, 0.15) is 0 Å². The van der Waals surface area contributed by atoms with Crippen LogP contribution in [0.4, 0.5) is 11.5 Å². The number of benzene rings is 2. The smallest absolute Gasteiger partial charge is 0.176 e. The van der Waals surface area contributed by atoms with E-state index in [-0.39, 0.29) is 0 Å². The van der Waals surface area contributed by atoms with E-state index in [1.54, 1.807) is 22.9 Å². The molecule has 0 fully saturated rings. The molecule has 0 saturated carbocycles. The molecule has 2 N–H and O–H groups in total. The zero-order valence-electron chi connectivity index (χ0n) is 18.2. The van der Waals surface area contributed by atoms with Crippen molar-refractivity contribution in [1.82, 2.24) is 19.6 Å². The Morgan fingerprint density at radius 3 is 2.35 bits per heavy atom. The molecular weight excluding hydrogens is 534 g/mol. The van der Waals surface area contributed by atoms with Crippen molar-refractivity contribution in [1.29, 1.82) is 0 Å². The largest absolute Gasteiger partial charge is 0.329 e. The van der Waals surface area contributed by atoms with Gasteiger partial charge in [-0.2, -0.15) is 10.2 Å². The highest BCUT2D eigenvalue weighted by Gasteiger charge is 2.15. The van der Waals surface area contributed by atoms with Crippen molar-refractivity contribution < 1.29 is 0 Å². The summed E-state index contributed by atoms with van der Waals surface area (Å²) in [5, 5.41) is 18.2. The SMILES string of the molecule is Cc1nn(Cc2ccc(Cl)cc2Cl)c(C)c1NC(=S)Nc1ccn(Cc2c(Cl)cccc2Cl)n1. The molecule has 2 aromatic heterocycles. The molecule has 4 rings (SSSR count). The maximum absolute atomic E-state index is 6.33. The second-order valence-electron chi connectivity index (χ2n) is 7.62. The Labute approximate surface area is 222 Å². The van der Waals surface area contributed by atoms with E-state index < -0.39 is 0 Å². The van der Waals surface area contributed by atoms with E-state index >= 15 is 0 Å². The summed E-state index contributed by atoms with van der Waals surface area (Å²) in [5.74, 6) is 0.594. The molecule has 2 aromatic carbocycles. The maximum Gasteiger partial charge on any atom is 0.176 e.